The lowest BCUT2D eigenvalue weighted by Gasteiger charge is -2.33. The van der Waals surface area contributed by atoms with Gasteiger partial charge in [-0.05, 0) is 49.6 Å². The highest BCUT2D eigenvalue weighted by atomic mass is 16.6. The van der Waals surface area contributed by atoms with Gasteiger partial charge in [0.2, 0.25) is 0 Å². The summed E-state index contributed by atoms with van der Waals surface area (Å²) >= 11 is 0. The largest absolute Gasteiger partial charge is 0.445 e. The van der Waals surface area contributed by atoms with Gasteiger partial charge in [0.1, 0.15) is 0 Å². The van der Waals surface area contributed by atoms with Gasteiger partial charge in [-0.3, -0.25) is 9.59 Å². The Kier molecular flexibility index (Phi) is 4.18. The molecule has 138 valence electrons. The molecule has 0 bridgehead atoms. The maximum Gasteiger partial charge on any atom is 0.339 e. The van der Waals surface area contributed by atoms with Gasteiger partial charge in [-0.1, -0.05) is 24.3 Å². The van der Waals surface area contributed by atoms with Crippen LogP contribution >= 0.6 is 0 Å². The van der Waals surface area contributed by atoms with Crippen molar-refractivity contribution in [1.29, 1.82) is 0 Å². The topological polar surface area (TPSA) is 84.5 Å². The molecule has 27 heavy (non-hydrogen) atoms. The fourth-order valence-corrected chi connectivity index (χ4v) is 3.16. The number of cyclic esters (lactones) is 1. The van der Waals surface area contributed by atoms with Crippen molar-refractivity contribution in [2.75, 3.05) is 5.32 Å². The molecule has 0 radical (unpaired) electrons. The van der Waals surface area contributed by atoms with Crippen LogP contribution in [0.1, 0.15) is 46.0 Å². The first-order chi connectivity index (χ1) is 12.9. The first-order valence-corrected chi connectivity index (χ1v) is 8.98. The fraction of sp³-hybridized carbons (Fsp3) is 0.286. The van der Waals surface area contributed by atoms with Crippen LogP contribution in [0, 0.1) is 0 Å². The minimum Gasteiger partial charge on any atom is -0.445 e. The Labute approximate surface area is 156 Å². The molecule has 0 spiro atoms. The number of carbonyl (C=O) groups is 3. The number of hydrogen-bond donors (Lipinski definition) is 2. The normalized spacial score (nSPS) is 21.0. The van der Waals surface area contributed by atoms with Crippen LogP contribution in [-0.4, -0.2) is 29.4 Å². The van der Waals surface area contributed by atoms with Crippen molar-refractivity contribution in [2.24, 2.45) is 0 Å². The monoisotopic (exact) mass is 364 g/mol. The third kappa shape index (κ3) is 3.56. The number of anilines is 1. The van der Waals surface area contributed by atoms with Crippen molar-refractivity contribution >= 4 is 23.5 Å². The van der Waals surface area contributed by atoms with Gasteiger partial charge in [0.25, 0.3) is 11.8 Å². The van der Waals surface area contributed by atoms with Gasteiger partial charge < -0.3 is 15.4 Å². The molecule has 1 unspecified atom stereocenters. The zero-order valence-electron chi connectivity index (χ0n) is 15.0. The molecule has 2 aliphatic rings. The molecule has 0 saturated heterocycles. The molecule has 2 aromatic rings. The van der Waals surface area contributed by atoms with Gasteiger partial charge in [0.05, 0.1) is 5.56 Å². The molecular formula is C21H20N2O4. The molecule has 1 atom stereocenters. The third-order valence-electron chi connectivity index (χ3n) is 4.86. The number of rotatable bonds is 4. The molecule has 2 N–H and O–H groups in total. The van der Waals surface area contributed by atoms with E-state index in [1.807, 2.05) is 12.1 Å². The van der Waals surface area contributed by atoms with Gasteiger partial charge in [0, 0.05) is 23.7 Å². The van der Waals surface area contributed by atoms with E-state index in [0.717, 1.165) is 18.4 Å². The molecule has 1 aliphatic heterocycles. The number of esters is 1. The second-order valence-electron chi connectivity index (χ2n) is 7.24. The molecule has 1 aliphatic carbocycles. The van der Waals surface area contributed by atoms with Crippen LogP contribution in [0.15, 0.2) is 48.5 Å². The summed E-state index contributed by atoms with van der Waals surface area (Å²) in [6.45, 7) is 1.60. The summed E-state index contributed by atoms with van der Waals surface area (Å²) < 4.78 is 5.44. The number of ether oxygens (including phenoxy) is 1. The summed E-state index contributed by atoms with van der Waals surface area (Å²) in [6.07, 6.45) is 2.31. The predicted molar refractivity (Wildman–Crippen MR) is 99.5 cm³/mol. The van der Waals surface area contributed by atoms with Crippen molar-refractivity contribution in [2.45, 2.75) is 37.8 Å². The van der Waals surface area contributed by atoms with E-state index in [2.05, 4.69) is 10.6 Å². The summed E-state index contributed by atoms with van der Waals surface area (Å²) in [4.78, 5) is 37.3. The summed E-state index contributed by atoms with van der Waals surface area (Å²) in [6, 6.07) is 14.1. The second kappa shape index (κ2) is 6.54. The summed E-state index contributed by atoms with van der Waals surface area (Å²) in [7, 11) is 0. The smallest absolute Gasteiger partial charge is 0.339 e. The van der Waals surface area contributed by atoms with E-state index in [0.29, 0.717) is 23.2 Å². The number of hydrogen-bond acceptors (Lipinski definition) is 4. The Morgan fingerprint density at radius 1 is 1.11 bits per heavy atom. The lowest BCUT2D eigenvalue weighted by Crippen LogP contribution is -2.48. The van der Waals surface area contributed by atoms with E-state index in [4.69, 9.17) is 4.74 Å². The molecule has 2 aromatic carbocycles. The Morgan fingerprint density at radius 2 is 1.89 bits per heavy atom. The highest BCUT2D eigenvalue weighted by Gasteiger charge is 2.42. The van der Waals surface area contributed by atoms with E-state index < -0.39 is 17.5 Å². The summed E-state index contributed by atoms with van der Waals surface area (Å²) in [5.41, 5.74) is 0.929. The van der Waals surface area contributed by atoms with Gasteiger partial charge in [0.15, 0.2) is 5.60 Å². The van der Waals surface area contributed by atoms with Gasteiger partial charge in [-0.25, -0.2) is 4.79 Å². The molecule has 4 rings (SSSR count). The highest BCUT2D eigenvalue weighted by Crippen LogP contribution is 2.29. The first kappa shape index (κ1) is 17.3. The predicted octanol–water partition coefficient (Wildman–Crippen LogP) is 2.69. The Hall–Kier alpha value is -3.15. The summed E-state index contributed by atoms with van der Waals surface area (Å²) in [5.74, 6) is -1.09. The number of benzene rings is 2. The first-order valence-electron chi connectivity index (χ1n) is 8.98. The minimum absolute atomic E-state index is 0.155. The average Bonchev–Trinajstić information content (AvgIpc) is 3.46. The molecule has 2 amide bonds. The zero-order valence-corrected chi connectivity index (χ0v) is 15.0. The lowest BCUT2D eigenvalue weighted by molar-refractivity contribution is -0.134. The molecule has 1 fully saturated rings. The SMILES string of the molecule is CC1(C(=O)Nc2cccc(C(=O)NC3CC3)c2)Cc2ccccc2C(=O)O1. The molecule has 1 saturated carbocycles. The fourth-order valence-electron chi connectivity index (χ4n) is 3.16. The van der Waals surface area contributed by atoms with Crippen LogP contribution in [0.25, 0.3) is 0 Å². The molecule has 6 nitrogen and oxygen atoms in total. The number of amides is 2. The van der Waals surface area contributed by atoms with Crippen LogP contribution in [0.5, 0.6) is 0 Å². The maximum atomic E-state index is 12.8. The van der Waals surface area contributed by atoms with E-state index in [1.54, 1.807) is 43.3 Å². The van der Waals surface area contributed by atoms with Crippen LogP contribution in [0.2, 0.25) is 0 Å². The van der Waals surface area contributed by atoms with Crippen molar-refractivity contribution in [3.8, 4) is 0 Å². The maximum absolute atomic E-state index is 12.8. The molecule has 0 aromatic heterocycles. The number of nitrogens with one attached hydrogen (secondary N) is 2. The molecule has 1 heterocycles. The zero-order chi connectivity index (χ0) is 19.0. The van der Waals surface area contributed by atoms with Gasteiger partial charge >= 0.3 is 5.97 Å². The Bertz CT molecular complexity index is 935. The third-order valence-corrected chi connectivity index (χ3v) is 4.86. The average molecular weight is 364 g/mol. The van der Waals surface area contributed by atoms with Crippen LogP contribution in [-0.2, 0) is 16.0 Å². The molecular weight excluding hydrogens is 344 g/mol. The quantitative estimate of drug-likeness (QED) is 0.817. The number of carbonyl (C=O) groups excluding carboxylic acids is 3. The standard InChI is InChI=1S/C21H20N2O4/c1-21(12-14-5-2-3-8-17(14)19(25)27-21)20(26)23-16-7-4-6-13(11-16)18(24)22-15-9-10-15/h2-8,11,15H,9-10,12H2,1H3,(H,22,24)(H,23,26). The van der Waals surface area contributed by atoms with Gasteiger partial charge in [-0.15, -0.1) is 0 Å². The van der Waals surface area contributed by atoms with Crippen molar-refractivity contribution in [3.05, 3.63) is 65.2 Å². The van der Waals surface area contributed by atoms with E-state index in [1.165, 1.54) is 0 Å². The van der Waals surface area contributed by atoms with Gasteiger partial charge in [-0.2, -0.15) is 0 Å². The van der Waals surface area contributed by atoms with Crippen LogP contribution < -0.4 is 10.6 Å². The minimum atomic E-state index is -1.31. The van der Waals surface area contributed by atoms with Crippen LogP contribution in [0.3, 0.4) is 0 Å². The molecule has 6 heteroatoms. The van der Waals surface area contributed by atoms with E-state index in [-0.39, 0.29) is 11.9 Å². The Balaban J connectivity index is 1.50. The highest BCUT2D eigenvalue weighted by molar-refractivity contribution is 6.03. The summed E-state index contributed by atoms with van der Waals surface area (Å²) in [5, 5.41) is 5.69. The van der Waals surface area contributed by atoms with Crippen LogP contribution in [0.4, 0.5) is 5.69 Å². The van der Waals surface area contributed by atoms with Crippen molar-refractivity contribution in [3.63, 3.8) is 0 Å². The number of fused-ring (bicyclic) bond motifs is 1. The second-order valence-corrected chi connectivity index (χ2v) is 7.24. The van der Waals surface area contributed by atoms with E-state index >= 15 is 0 Å². The van der Waals surface area contributed by atoms with E-state index in [9.17, 15) is 14.4 Å². The lowest BCUT2D eigenvalue weighted by atomic mass is 9.89. The van der Waals surface area contributed by atoms with Crippen molar-refractivity contribution < 1.29 is 19.1 Å². The van der Waals surface area contributed by atoms with Crippen molar-refractivity contribution in [1.82, 2.24) is 5.32 Å². The Morgan fingerprint density at radius 3 is 2.67 bits per heavy atom.